The van der Waals surface area contributed by atoms with Crippen molar-refractivity contribution in [1.82, 2.24) is 15.1 Å². The van der Waals surface area contributed by atoms with E-state index in [4.69, 9.17) is 10.5 Å². The summed E-state index contributed by atoms with van der Waals surface area (Å²) >= 11 is 0. The average molecular weight is 369 g/mol. The van der Waals surface area contributed by atoms with E-state index in [2.05, 4.69) is 37.9 Å². The molecule has 2 aliphatic rings. The Hall–Kier alpha value is -1.18. The molecule has 0 aromatic rings. The lowest BCUT2D eigenvalue weighted by Crippen LogP contribution is -2.59. The highest BCUT2D eigenvalue weighted by Crippen LogP contribution is 2.23. The topological polar surface area (TPSA) is 87.9 Å². The second-order valence-electron chi connectivity index (χ2n) is 8.10. The Morgan fingerprint density at radius 3 is 2.42 bits per heavy atom. The number of carbonyl (C=O) groups excluding carboxylic acids is 2. The zero-order valence-corrected chi connectivity index (χ0v) is 16.7. The van der Waals surface area contributed by atoms with Crippen LogP contribution >= 0.6 is 0 Å². The van der Waals surface area contributed by atoms with Crippen LogP contribution in [0.1, 0.15) is 40.5 Å². The fourth-order valence-electron chi connectivity index (χ4n) is 4.23. The average Bonchev–Trinajstić information content (AvgIpc) is 2.58. The van der Waals surface area contributed by atoms with Gasteiger partial charge < -0.3 is 20.7 Å². The van der Waals surface area contributed by atoms with Crippen LogP contribution in [0.15, 0.2) is 0 Å². The second kappa shape index (κ2) is 9.67. The number of nitrogens with two attached hydrogens (primary N) is 1. The predicted molar refractivity (Wildman–Crippen MR) is 102 cm³/mol. The van der Waals surface area contributed by atoms with Crippen molar-refractivity contribution in [2.24, 2.45) is 17.6 Å². The quantitative estimate of drug-likeness (QED) is 0.710. The van der Waals surface area contributed by atoms with Crippen LogP contribution in [0.25, 0.3) is 0 Å². The van der Waals surface area contributed by atoms with Crippen LogP contribution in [-0.4, -0.2) is 79.1 Å². The molecule has 7 heteroatoms. The van der Waals surface area contributed by atoms with Crippen LogP contribution in [0.4, 0.5) is 0 Å². The highest BCUT2D eigenvalue weighted by molar-refractivity contribution is 5.84. The van der Waals surface area contributed by atoms with Crippen LogP contribution in [-0.2, 0) is 14.3 Å². The molecular formula is C19H36N4O3. The van der Waals surface area contributed by atoms with Crippen molar-refractivity contribution < 1.29 is 14.3 Å². The van der Waals surface area contributed by atoms with Gasteiger partial charge in [-0.2, -0.15) is 0 Å². The van der Waals surface area contributed by atoms with Gasteiger partial charge in [-0.05, 0) is 32.6 Å². The molecule has 2 amide bonds. The number of likely N-dealkylation sites (tertiary alicyclic amines) is 1. The van der Waals surface area contributed by atoms with Gasteiger partial charge >= 0.3 is 0 Å². The van der Waals surface area contributed by atoms with E-state index in [0.717, 1.165) is 32.5 Å². The second-order valence-corrected chi connectivity index (χ2v) is 8.10. The zero-order chi connectivity index (χ0) is 19.3. The number of morpholine rings is 1. The number of rotatable bonds is 6. The van der Waals surface area contributed by atoms with Crippen molar-refractivity contribution in [3.8, 4) is 0 Å². The highest BCUT2D eigenvalue weighted by atomic mass is 16.5. The maximum absolute atomic E-state index is 13.3. The molecule has 0 aliphatic carbocycles. The molecule has 2 fully saturated rings. The number of ether oxygens (including phenoxy) is 1. The minimum Gasteiger partial charge on any atom is -0.373 e. The fraction of sp³-hybridized carbons (Fsp3) is 0.895. The van der Waals surface area contributed by atoms with Crippen molar-refractivity contribution in [2.75, 3.05) is 39.3 Å². The van der Waals surface area contributed by atoms with E-state index >= 15 is 0 Å². The van der Waals surface area contributed by atoms with Crippen molar-refractivity contribution >= 4 is 11.8 Å². The Labute approximate surface area is 157 Å². The fourth-order valence-corrected chi connectivity index (χ4v) is 4.23. The van der Waals surface area contributed by atoms with Crippen LogP contribution < -0.4 is 11.1 Å². The molecule has 0 saturated carbocycles. The predicted octanol–water partition coefficient (Wildman–Crippen LogP) is 0.434. The first-order chi connectivity index (χ1) is 12.3. The number of hydrogen-bond acceptors (Lipinski definition) is 5. The van der Waals surface area contributed by atoms with Crippen LogP contribution in [0, 0.1) is 11.8 Å². The number of hydrogen-bond donors (Lipinski definition) is 2. The first-order valence-corrected chi connectivity index (χ1v) is 9.99. The van der Waals surface area contributed by atoms with Gasteiger partial charge in [-0.15, -0.1) is 0 Å². The normalized spacial score (nSPS) is 28.8. The summed E-state index contributed by atoms with van der Waals surface area (Å²) < 4.78 is 5.83. The van der Waals surface area contributed by atoms with E-state index < -0.39 is 0 Å². The SMILES string of the molecule is CC1CN(C(C(=O)N2CCCC(C(=O)NCCN)C2)C(C)C)CC(C)O1. The van der Waals surface area contributed by atoms with Gasteiger partial charge in [-0.1, -0.05) is 13.8 Å². The van der Waals surface area contributed by atoms with E-state index in [9.17, 15) is 9.59 Å². The molecule has 0 aromatic heterocycles. The van der Waals surface area contributed by atoms with Gasteiger partial charge in [-0.3, -0.25) is 14.5 Å². The number of piperidine rings is 1. The third-order valence-electron chi connectivity index (χ3n) is 5.27. The Kier molecular flexibility index (Phi) is 7.85. The Morgan fingerprint density at radius 1 is 1.19 bits per heavy atom. The molecule has 2 rings (SSSR count). The molecule has 4 unspecified atom stereocenters. The van der Waals surface area contributed by atoms with Gasteiger partial charge in [-0.25, -0.2) is 0 Å². The summed E-state index contributed by atoms with van der Waals surface area (Å²) in [6, 6.07) is -0.158. The molecule has 2 heterocycles. The van der Waals surface area contributed by atoms with Crippen LogP contribution in [0.5, 0.6) is 0 Å². The van der Waals surface area contributed by atoms with E-state index in [-0.39, 0.29) is 41.9 Å². The summed E-state index contributed by atoms with van der Waals surface area (Å²) in [4.78, 5) is 29.8. The maximum atomic E-state index is 13.3. The summed E-state index contributed by atoms with van der Waals surface area (Å²) in [6.07, 6.45) is 1.96. The lowest BCUT2D eigenvalue weighted by molar-refractivity contribution is -0.148. The lowest BCUT2D eigenvalue weighted by Gasteiger charge is -2.43. The Morgan fingerprint density at radius 2 is 1.85 bits per heavy atom. The Bertz CT molecular complexity index is 475. The molecule has 0 radical (unpaired) electrons. The molecule has 2 aliphatic heterocycles. The molecule has 0 spiro atoms. The maximum Gasteiger partial charge on any atom is 0.240 e. The molecule has 3 N–H and O–H groups in total. The van der Waals surface area contributed by atoms with Gasteiger partial charge in [0.25, 0.3) is 0 Å². The van der Waals surface area contributed by atoms with Crippen molar-refractivity contribution in [2.45, 2.75) is 58.8 Å². The number of nitrogens with zero attached hydrogens (tertiary/aromatic N) is 2. The summed E-state index contributed by atoms with van der Waals surface area (Å²) in [5.74, 6) is 0.251. The standard InChI is InChI=1S/C19H36N4O3/c1-13(2)17(23-10-14(3)26-15(4)11-23)19(25)22-9-5-6-16(12-22)18(24)21-8-7-20/h13-17H,5-12,20H2,1-4H3,(H,21,24). The number of nitrogens with one attached hydrogen (secondary N) is 1. The molecule has 2 saturated heterocycles. The van der Waals surface area contributed by atoms with E-state index in [1.54, 1.807) is 0 Å². The third kappa shape index (κ3) is 5.41. The summed E-state index contributed by atoms with van der Waals surface area (Å²) in [6.45, 7) is 12.0. The van der Waals surface area contributed by atoms with Gasteiger partial charge in [0, 0.05) is 39.3 Å². The van der Waals surface area contributed by atoms with Crippen molar-refractivity contribution in [1.29, 1.82) is 0 Å². The van der Waals surface area contributed by atoms with Crippen LogP contribution in [0.3, 0.4) is 0 Å². The zero-order valence-electron chi connectivity index (χ0n) is 16.7. The monoisotopic (exact) mass is 368 g/mol. The van der Waals surface area contributed by atoms with Gasteiger partial charge in [0.2, 0.25) is 11.8 Å². The lowest BCUT2D eigenvalue weighted by atomic mass is 9.94. The van der Waals surface area contributed by atoms with E-state index in [1.165, 1.54) is 0 Å². The van der Waals surface area contributed by atoms with Gasteiger partial charge in [0.05, 0.1) is 24.2 Å². The minimum atomic E-state index is -0.158. The number of carbonyl (C=O) groups is 2. The molecule has 0 aromatic carbocycles. The smallest absolute Gasteiger partial charge is 0.240 e. The van der Waals surface area contributed by atoms with Gasteiger partial charge in [0.15, 0.2) is 0 Å². The molecule has 7 nitrogen and oxygen atoms in total. The first kappa shape index (κ1) is 21.1. The summed E-state index contributed by atoms with van der Waals surface area (Å²) in [7, 11) is 0. The Balaban J connectivity index is 2.04. The molecule has 0 bridgehead atoms. The van der Waals surface area contributed by atoms with Crippen molar-refractivity contribution in [3.05, 3.63) is 0 Å². The van der Waals surface area contributed by atoms with E-state index in [1.807, 2.05) is 4.90 Å². The minimum absolute atomic E-state index is 0.0164. The molecule has 26 heavy (non-hydrogen) atoms. The molecule has 150 valence electrons. The van der Waals surface area contributed by atoms with E-state index in [0.29, 0.717) is 19.6 Å². The van der Waals surface area contributed by atoms with Crippen molar-refractivity contribution in [3.63, 3.8) is 0 Å². The summed E-state index contributed by atoms with van der Waals surface area (Å²) in [5.41, 5.74) is 5.46. The largest absolute Gasteiger partial charge is 0.373 e. The van der Waals surface area contributed by atoms with Crippen LogP contribution in [0.2, 0.25) is 0 Å². The van der Waals surface area contributed by atoms with Gasteiger partial charge in [0.1, 0.15) is 0 Å². The summed E-state index contributed by atoms with van der Waals surface area (Å²) in [5, 5.41) is 2.86. The third-order valence-corrected chi connectivity index (χ3v) is 5.27. The first-order valence-electron chi connectivity index (χ1n) is 9.99. The number of amides is 2. The molecule has 4 atom stereocenters. The highest BCUT2D eigenvalue weighted by Gasteiger charge is 2.38. The molecular weight excluding hydrogens is 332 g/mol.